The minimum atomic E-state index is -0.310. The zero-order valence-corrected chi connectivity index (χ0v) is 17.7. The molecule has 4 aliphatic rings. The van der Waals surface area contributed by atoms with Crippen LogP contribution in [0.3, 0.4) is 0 Å². The van der Waals surface area contributed by atoms with E-state index in [2.05, 4.69) is 23.1 Å². The van der Waals surface area contributed by atoms with Crippen LogP contribution in [0.4, 0.5) is 0 Å². The Kier molecular flexibility index (Phi) is 4.54. The summed E-state index contributed by atoms with van der Waals surface area (Å²) in [5.74, 6) is 0.728. The molecule has 1 N–H and O–H groups in total. The molecule has 1 amide bonds. The Bertz CT molecular complexity index is 1080. The van der Waals surface area contributed by atoms with Gasteiger partial charge in [0.05, 0.1) is 12.1 Å². The van der Waals surface area contributed by atoms with Crippen molar-refractivity contribution in [2.75, 3.05) is 19.7 Å². The summed E-state index contributed by atoms with van der Waals surface area (Å²) in [7, 11) is 0. The lowest BCUT2D eigenvalue weighted by Crippen LogP contribution is -2.51. The molecule has 1 aromatic heterocycles. The smallest absolute Gasteiger partial charge is 0.250 e. The lowest BCUT2D eigenvalue weighted by atomic mass is 9.87. The summed E-state index contributed by atoms with van der Waals surface area (Å²) in [5.41, 5.74) is 3.59. The SMILES string of the molecule is O=C([C@H]1[C@H](CO)[C@H]2Cn3c(cccc3=O)[C@H]2N1CC1CC1)N1CCc2ccccc2C1. The fourth-order valence-corrected chi connectivity index (χ4v) is 6.22. The first-order valence-electron chi connectivity index (χ1n) is 11.6. The van der Waals surface area contributed by atoms with Gasteiger partial charge in [0.25, 0.3) is 5.56 Å². The van der Waals surface area contributed by atoms with E-state index in [1.165, 1.54) is 24.0 Å². The highest BCUT2D eigenvalue weighted by Gasteiger charge is 2.56. The van der Waals surface area contributed by atoms with Gasteiger partial charge in [-0.05, 0) is 42.4 Å². The fourth-order valence-electron chi connectivity index (χ4n) is 6.22. The number of hydrogen-bond donors (Lipinski definition) is 1. The van der Waals surface area contributed by atoms with Crippen molar-refractivity contribution in [3.05, 3.63) is 69.6 Å². The summed E-state index contributed by atoms with van der Waals surface area (Å²) in [4.78, 5) is 30.7. The third-order valence-electron chi connectivity index (χ3n) is 7.93. The molecule has 162 valence electrons. The van der Waals surface area contributed by atoms with Crippen LogP contribution in [-0.2, 0) is 24.3 Å². The van der Waals surface area contributed by atoms with Crippen molar-refractivity contribution in [2.24, 2.45) is 17.8 Å². The van der Waals surface area contributed by atoms with E-state index in [0.29, 0.717) is 19.0 Å². The first-order valence-corrected chi connectivity index (χ1v) is 11.6. The van der Waals surface area contributed by atoms with Gasteiger partial charge in [-0.3, -0.25) is 14.5 Å². The molecule has 2 aromatic rings. The number of aliphatic hydroxyl groups is 1. The summed E-state index contributed by atoms with van der Waals surface area (Å²) in [6.07, 6.45) is 3.29. The van der Waals surface area contributed by atoms with E-state index in [9.17, 15) is 14.7 Å². The second kappa shape index (κ2) is 7.31. The monoisotopic (exact) mass is 419 g/mol. The first kappa shape index (κ1) is 19.3. The largest absolute Gasteiger partial charge is 0.396 e. The average Bonchev–Trinajstić information content (AvgIpc) is 3.45. The zero-order chi connectivity index (χ0) is 21.1. The van der Waals surface area contributed by atoms with Gasteiger partial charge in [0.1, 0.15) is 0 Å². The van der Waals surface area contributed by atoms with E-state index >= 15 is 0 Å². The Hall–Kier alpha value is -2.44. The minimum Gasteiger partial charge on any atom is -0.396 e. The number of benzene rings is 1. The Morgan fingerprint density at radius 2 is 1.87 bits per heavy atom. The maximum Gasteiger partial charge on any atom is 0.250 e. The van der Waals surface area contributed by atoms with Crippen molar-refractivity contribution in [2.45, 2.75) is 44.4 Å². The Morgan fingerprint density at radius 1 is 1.06 bits per heavy atom. The van der Waals surface area contributed by atoms with Crippen LogP contribution >= 0.6 is 0 Å². The third-order valence-corrected chi connectivity index (χ3v) is 7.93. The first-order chi connectivity index (χ1) is 15.2. The molecule has 1 saturated carbocycles. The molecule has 2 fully saturated rings. The predicted octanol–water partition coefficient (Wildman–Crippen LogP) is 1.81. The number of pyridine rings is 1. The minimum absolute atomic E-state index is 0.0190. The van der Waals surface area contributed by atoms with Gasteiger partial charge < -0.3 is 14.6 Å². The van der Waals surface area contributed by atoms with E-state index < -0.39 is 0 Å². The maximum absolute atomic E-state index is 13.9. The Labute approximate surface area is 182 Å². The molecular weight excluding hydrogens is 390 g/mol. The molecular formula is C25H29N3O3. The van der Waals surface area contributed by atoms with Gasteiger partial charge in [-0.2, -0.15) is 0 Å². The molecule has 0 bridgehead atoms. The molecule has 0 spiro atoms. The highest BCUT2D eigenvalue weighted by Crippen LogP contribution is 2.51. The number of nitrogens with zero attached hydrogens (tertiary/aromatic N) is 3. The number of likely N-dealkylation sites (tertiary alicyclic amines) is 1. The number of fused-ring (bicyclic) bond motifs is 4. The number of carbonyl (C=O) groups excluding carboxylic acids is 1. The van der Waals surface area contributed by atoms with Gasteiger partial charge in [0.2, 0.25) is 5.91 Å². The van der Waals surface area contributed by atoms with Gasteiger partial charge in [0, 0.05) is 56.4 Å². The number of hydrogen-bond acceptors (Lipinski definition) is 4. The van der Waals surface area contributed by atoms with E-state index in [1.54, 1.807) is 6.07 Å². The van der Waals surface area contributed by atoms with Crippen LogP contribution in [-0.4, -0.2) is 51.1 Å². The van der Waals surface area contributed by atoms with Gasteiger partial charge in [0.15, 0.2) is 0 Å². The molecule has 6 heteroatoms. The molecule has 1 aromatic carbocycles. The van der Waals surface area contributed by atoms with Gasteiger partial charge in [-0.1, -0.05) is 30.3 Å². The topological polar surface area (TPSA) is 65.8 Å². The molecule has 0 unspecified atom stereocenters. The number of amides is 1. The highest BCUT2D eigenvalue weighted by atomic mass is 16.3. The lowest BCUT2D eigenvalue weighted by Gasteiger charge is -2.36. The number of aliphatic hydroxyl groups excluding tert-OH is 1. The van der Waals surface area contributed by atoms with Crippen molar-refractivity contribution in [3.63, 3.8) is 0 Å². The zero-order valence-electron chi connectivity index (χ0n) is 17.7. The summed E-state index contributed by atoms with van der Waals surface area (Å²) in [5, 5.41) is 10.4. The van der Waals surface area contributed by atoms with Gasteiger partial charge in [-0.25, -0.2) is 0 Å². The van der Waals surface area contributed by atoms with E-state index in [4.69, 9.17) is 0 Å². The van der Waals surface area contributed by atoms with E-state index in [1.807, 2.05) is 27.7 Å². The summed E-state index contributed by atoms with van der Waals surface area (Å²) >= 11 is 0. The number of rotatable bonds is 4. The van der Waals surface area contributed by atoms with Crippen molar-refractivity contribution < 1.29 is 9.90 Å². The molecule has 6 nitrogen and oxygen atoms in total. The second-order valence-electron chi connectivity index (χ2n) is 9.72. The van der Waals surface area contributed by atoms with Crippen molar-refractivity contribution in [3.8, 4) is 0 Å². The molecule has 3 aliphatic heterocycles. The summed E-state index contributed by atoms with van der Waals surface area (Å²) in [6, 6.07) is 13.6. The Morgan fingerprint density at radius 3 is 2.65 bits per heavy atom. The molecule has 4 heterocycles. The van der Waals surface area contributed by atoms with Crippen LogP contribution in [0.15, 0.2) is 47.3 Å². The molecule has 31 heavy (non-hydrogen) atoms. The normalized spacial score (nSPS) is 29.5. The van der Waals surface area contributed by atoms with E-state index in [-0.39, 0.29) is 42.0 Å². The van der Waals surface area contributed by atoms with Crippen LogP contribution in [0.1, 0.15) is 35.7 Å². The quantitative estimate of drug-likeness (QED) is 0.821. The molecule has 6 rings (SSSR count). The van der Waals surface area contributed by atoms with Crippen LogP contribution in [0.5, 0.6) is 0 Å². The molecule has 1 aliphatic carbocycles. The van der Waals surface area contributed by atoms with Crippen LogP contribution < -0.4 is 5.56 Å². The fraction of sp³-hybridized carbons (Fsp3) is 0.520. The predicted molar refractivity (Wildman–Crippen MR) is 116 cm³/mol. The van der Waals surface area contributed by atoms with Crippen molar-refractivity contribution in [1.82, 2.24) is 14.4 Å². The van der Waals surface area contributed by atoms with Crippen LogP contribution in [0, 0.1) is 17.8 Å². The van der Waals surface area contributed by atoms with Crippen molar-refractivity contribution in [1.29, 1.82) is 0 Å². The lowest BCUT2D eigenvalue weighted by molar-refractivity contribution is -0.139. The Balaban J connectivity index is 1.35. The summed E-state index contributed by atoms with van der Waals surface area (Å²) in [6.45, 7) is 2.83. The van der Waals surface area contributed by atoms with Crippen molar-refractivity contribution >= 4 is 5.91 Å². The van der Waals surface area contributed by atoms with E-state index in [0.717, 1.165) is 25.2 Å². The second-order valence-corrected chi connectivity index (χ2v) is 9.72. The third kappa shape index (κ3) is 3.07. The highest BCUT2D eigenvalue weighted by molar-refractivity contribution is 5.83. The molecule has 4 atom stereocenters. The maximum atomic E-state index is 13.9. The molecule has 0 radical (unpaired) electrons. The number of carbonyl (C=O) groups is 1. The van der Waals surface area contributed by atoms with Gasteiger partial charge in [-0.15, -0.1) is 0 Å². The summed E-state index contributed by atoms with van der Waals surface area (Å²) < 4.78 is 1.86. The molecule has 1 saturated heterocycles. The standard InChI is InChI=1S/C25H29N3O3/c29-15-20-19-14-27-21(6-3-7-22(27)30)23(19)28(12-16-8-9-16)24(20)25(31)26-11-10-17-4-1-2-5-18(17)13-26/h1-7,16,19-20,23-24,29H,8-15H2/t19-,20-,23+,24-/m1/s1. The van der Waals surface area contributed by atoms with Crippen LogP contribution in [0.2, 0.25) is 0 Å². The van der Waals surface area contributed by atoms with Gasteiger partial charge >= 0.3 is 0 Å². The average molecular weight is 420 g/mol. The van der Waals surface area contributed by atoms with Crippen LogP contribution in [0.25, 0.3) is 0 Å². The number of aromatic nitrogens is 1.